The first-order chi connectivity index (χ1) is 17.6. The van der Waals surface area contributed by atoms with Crippen molar-refractivity contribution >= 4 is 29.0 Å². The third kappa shape index (κ3) is 5.86. The number of hydrogen-bond acceptors (Lipinski definition) is 7. The molecule has 1 fully saturated rings. The third-order valence-corrected chi connectivity index (χ3v) is 6.20. The normalized spacial score (nSPS) is 13.4. The second-order valence-corrected chi connectivity index (χ2v) is 9.04. The Kier molecular flexibility index (Phi) is 7.17. The van der Waals surface area contributed by atoms with E-state index in [1.807, 2.05) is 79.7 Å². The molecule has 4 aromatic rings. The number of anilines is 5. The Morgan fingerprint density at radius 3 is 2.19 bits per heavy atom. The molecule has 0 amide bonds. The summed E-state index contributed by atoms with van der Waals surface area (Å²) in [6.07, 6.45) is 0. The summed E-state index contributed by atoms with van der Waals surface area (Å²) in [4.78, 5) is 16.3. The van der Waals surface area contributed by atoms with Crippen LogP contribution in [0.3, 0.4) is 0 Å². The van der Waals surface area contributed by atoms with E-state index in [0.717, 1.165) is 60.8 Å². The summed E-state index contributed by atoms with van der Waals surface area (Å²) in [5.74, 6) is 3.31. The molecule has 3 aromatic carbocycles. The molecule has 1 aromatic heterocycles. The van der Waals surface area contributed by atoms with Crippen LogP contribution < -0.4 is 24.8 Å². The summed E-state index contributed by atoms with van der Waals surface area (Å²) >= 11 is 0. The van der Waals surface area contributed by atoms with E-state index in [0.29, 0.717) is 6.61 Å². The molecule has 0 atom stereocenters. The minimum absolute atomic E-state index is 0.566. The predicted octanol–water partition coefficient (Wildman–Crippen LogP) is 5.19. The zero-order chi connectivity index (χ0) is 24.7. The van der Waals surface area contributed by atoms with E-state index in [2.05, 4.69) is 45.4 Å². The molecule has 5 rings (SSSR count). The number of benzene rings is 3. The lowest BCUT2D eigenvalue weighted by Crippen LogP contribution is -2.47. The molecule has 0 bridgehead atoms. The molecule has 184 valence electrons. The minimum Gasteiger partial charge on any atom is -0.489 e. The molecule has 2 heterocycles. The van der Waals surface area contributed by atoms with Crippen molar-refractivity contribution < 1.29 is 4.74 Å². The van der Waals surface area contributed by atoms with Gasteiger partial charge in [0.25, 0.3) is 0 Å². The van der Waals surface area contributed by atoms with Crippen LogP contribution in [0.1, 0.15) is 5.56 Å². The molecule has 1 saturated heterocycles. The summed E-state index contributed by atoms with van der Waals surface area (Å²) in [6, 6.07) is 30.7. The summed E-state index contributed by atoms with van der Waals surface area (Å²) in [6.45, 7) is 4.03. The van der Waals surface area contributed by atoms with Gasteiger partial charge in [0.05, 0.1) is 0 Å². The molecule has 36 heavy (non-hydrogen) atoms. The van der Waals surface area contributed by atoms with Gasteiger partial charge in [0.2, 0.25) is 5.95 Å². The Labute approximate surface area is 213 Å². The fourth-order valence-electron chi connectivity index (χ4n) is 4.20. The lowest BCUT2D eigenvalue weighted by Gasteiger charge is -2.36. The third-order valence-electron chi connectivity index (χ3n) is 6.20. The first-order valence-electron chi connectivity index (χ1n) is 12.3. The van der Waals surface area contributed by atoms with E-state index < -0.39 is 0 Å². The highest BCUT2D eigenvalue weighted by Gasteiger charge is 2.21. The van der Waals surface area contributed by atoms with Crippen molar-refractivity contribution in [2.24, 2.45) is 0 Å². The van der Waals surface area contributed by atoms with Crippen LogP contribution in [0.5, 0.6) is 5.75 Å². The van der Waals surface area contributed by atoms with Gasteiger partial charge in [-0.05, 0) is 29.8 Å². The second-order valence-electron chi connectivity index (χ2n) is 9.04. The van der Waals surface area contributed by atoms with Gasteiger partial charge in [0.1, 0.15) is 24.0 Å². The average Bonchev–Trinajstić information content (AvgIpc) is 2.93. The maximum atomic E-state index is 6.04. The zero-order valence-corrected chi connectivity index (χ0v) is 20.8. The zero-order valence-electron chi connectivity index (χ0n) is 20.8. The van der Waals surface area contributed by atoms with Crippen molar-refractivity contribution in [2.75, 3.05) is 60.3 Å². The number of aromatic nitrogens is 2. The molecule has 7 nitrogen and oxygen atoms in total. The van der Waals surface area contributed by atoms with E-state index >= 15 is 0 Å². The Bertz CT molecular complexity index is 1260. The minimum atomic E-state index is 0.566. The highest BCUT2D eigenvalue weighted by molar-refractivity contribution is 5.62. The molecule has 0 saturated carbocycles. The molecular formula is C29H32N6O. The number of para-hydroxylation sites is 1. The maximum Gasteiger partial charge on any atom is 0.229 e. The van der Waals surface area contributed by atoms with Crippen LogP contribution in [0.4, 0.5) is 29.0 Å². The highest BCUT2D eigenvalue weighted by atomic mass is 16.5. The van der Waals surface area contributed by atoms with E-state index in [4.69, 9.17) is 14.7 Å². The summed E-state index contributed by atoms with van der Waals surface area (Å²) < 4.78 is 6.04. The smallest absolute Gasteiger partial charge is 0.229 e. The molecule has 1 aliphatic rings. The molecule has 0 unspecified atom stereocenters. The fraction of sp³-hybridized carbons (Fsp3) is 0.241. The maximum absolute atomic E-state index is 6.04. The van der Waals surface area contributed by atoms with Crippen LogP contribution in [0.2, 0.25) is 0 Å². The molecular weight excluding hydrogens is 448 g/mol. The van der Waals surface area contributed by atoms with Gasteiger partial charge in [-0.3, -0.25) is 0 Å². The number of nitrogens with one attached hydrogen (secondary N) is 1. The van der Waals surface area contributed by atoms with E-state index in [-0.39, 0.29) is 0 Å². The number of ether oxygens (including phenoxy) is 1. The number of hydrogen-bond donors (Lipinski definition) is 1. The van der Waals surface area contributed by atoms with Gasteiger partial charge in [-0.25, -0.2) is 0 Å². The van der Waals surface area contributed by atoms with Crippen molar-refractivity contribution in [3.05, 3.63) is 96.6 Å². The summed E-state index contributed by atoms with van der Waals surface area (Å²) in [7, 11) is 4.01. The first kappa shape index (κ1) is 23.5. The molecule has 0 radical (unpaired) electrons. The monoisotopic (exact) mass is 480 g/mol. The van der Waals surface area contributed by atoms with Gasteiger partial charge >= 0.3 is 0 Å². The number of piperazine rings is 1. The topological polar surface area (TPSA) is 56.8 Å². The van der Waals surface area contributed by atoms with Gasteiger partial charge in [0, 0.05) is 63.8 Å². The average molecular weight is 481 g/mol. The predicted molar refractivity (Wildman–Crippen MR) is 148 cm³/mol. The van der Waals surface area contributed by atoms with Crippen molar-refractivity contribution in [1.82, 2.24) is 9.97 Å². The number of rotatable bonds is 8. The van der Waals surface area contributed by atoms with Gasteiger partial charge in [0.15, 0.2) is 0 Å². The molecule has 7 heteroatoms. The van der Waals surface area contributed by atoms with Crippen LogP contribution in [0, 0.1) is 0 Å². The lowest BCUT2D eigenvalue weighted by atomic mass is 10.2. The SMILES string of the molecule is CN(C)c1cc(Nc2ccccc2)nc(N2CCN(c3cccc(OCc4ccccc4)c3)CC2)n1. The Balaban J connectivity index is 1.25. The first-order valence-corrected chi connectivity index (χ1v) is 12.3. The largest absolute Gasteiger partial charge is 0.489 e. The Hall–Kier alpha value is -4.26. The van der Waals surface area contributed by atoms with Crippen molar-refractivity contribution in [3.8, 4) is 5.75 Å². The molecule has 0 aliphatic carbocycles. The Morgan fingerprint density at radius 2 is 1.47 bits per heavy atom. The van der Waals surface area contributed by atoms with Crippen LogP contribution in [0.25, 0.3) is 0 Å². The van der Waals surface area contributed by atoms with Crippen LogP contribution in [-0.2, 0) is 6.61 Å². The van der Waals surface area contributed by atoms with Gasteiger partial charge in [-0.2, -0.15) is 9.97 Å². The quantitative estimate of drug-likeness (QED) is 0.372. The van der Waals surface area contributed by atoms with E-state index in [9.17, 15) is 0 Å². The number of nitrogens with zero attached hydrogens (tertiary/aromatic N) is 5. The van der Waals surface area contributed by atoms with Gasteiger partial charge in [-0.1, -0.05) is 54.6 Å². The molecule has 1 aliphatic heterocycles. The van der Waals surface area contributed by atoms with E-state index in [1.165, 1.54) is 5.69 Å². The summed E-state index contributed by atoms with van der Waals surface area (Å²) in [5, 5.41) is 3.41. The molecule has 0 spiro atoms. The van der Waals surface area contributed by atoms with E-state index in [1.54, 1.807) is 0 Å². The molecule has 1 N–H and O–H groups in total. The van der Waals surface area contributed by atoms with Crippen LogP contribution in [-0.4, -0.2) is 50.2 Å². The highest BCUT2D eigenvalue weighted by Crippen LogP contribution is 2.26. The standard InChI is InChI=1S/C29H32N6O/c1-33(2)28-21-27(30-24-12-7-4-8-13-24)31-29(32-28)35-18-16-34(17-19-35)25-14-9-15-26(20-25)36-22-23-10-5-3-6-11-23/h3-15,20-21H,16-19,22H2,1-2H3,(H,30,31,32). The lowest BCUT2D eigenvalue weighted by molar-refractivity contribution is 0.306. The Morgan fingerprint density at radius 1 is 0.778 bits per heavy atom. The van der Waals surface area contributed by atoms with Crippen LogP contribution >= 0.6 is 0 Å². The van der Waals surface area contributed by atoms with Crippen molar-refractivity contribution in [1.29, 1.82) is 0 Å². The van der Waals surface area contributed by atoms with Crippen molar-refractivity contribution in [2.45, 2.75) is 6.61 Å². The van der Waals surface area contributed by atoms with Crippen molar-refractivity contribution in [3.63, 3.8) is 0 Å². The second kappa shape index (κ2) is 11.0. The fourth-order valence-corrected chi connectivity index (χ4v) is 4.20. The summed E-state index contributed by atoms with van der Waals surface area (Å²) in [5.41, 5.74) is 3.35. The van der Waals surface area contributed by atoms with Crippen LogP contribution in [0.15, 0.2) is 91.0 Å². The van der Waals surface area contributed by atoms with Gasteiger partial charge in [-0.15, -0.1) is 0 Å². The van der Waals surface area contributed by atoms with Gasteiger partial charge < -0.3 is 24.8 Å².